The van der Waals surface area contributed by atoms with E-state index in [1.165, 1.54) is 19.4 Å². The van der Waals surface area contributed by atoms with Gasteiger partial charge in [0.1, 0.15) is 30.5 Å². The normalized spacial score (nSPS) is 11.1. The van der Waals surface area contributed by atoms with Crippen LogP contribution in [-0.4, -0.2) is 23.8 Å². The van der Waals surface area contributed by atoms with Crippen molar-refractivity contribution in [2.45, 2.75) is 27.1 Å². The van der Waals surface area contributed by atoms with Gasteiger partial charge in [0.05, 0.1) is 13.3 Å². The maximum Gasteiger partial charge on any atom is 0.307 e. The van der Waals surface area contributed by atoms with Gasteiger partial charge in [-0.15, -0.1) is 0 Å². The first-order valence-electron chi connectivity index (χ1n) is 13.4. The molecule has 0 saturated carbocycles. The molecular weight excluding hydrogens is 617 g/mol. The average Bonchev–Trinajstić information content (AvgIpc) is 3.62. The number of carbonyl (C=O) groups excluding carboxylic acids is 1. The molecule has 0 unspecified atom stereocenters. The van der Waals surface area contributed by atoms with Crippen LogP contribution >= 0.6 is 15.9 Å². The van der Waals surface area contributed by atoms with E-state index in [0.29, 0.717) is 38.6 Å². The van der Waals surface area contributed by atoms with Crippen molar-refractivity contribution in [3.05, 3.63) is 129 Å². The number of furan rings is 1. The van der Waals surface area contributed by atoms with Crippen LogP contribution in [0.1, 0.15) is 38.8 Å². The number of hydrazone groups is 1. The van der Waals surface area contributed by atoms with E-state index in [-0.39, 0.29) is 24.8 Å². The second-order valence-electron chi connectivity index (χ2n) is 9.61. The molecule has 2 heterocycles. The Kier molecular flexibility index (Phi) is 9.26. The van der Waals surface area contributed by atoms with Gasteiger partial charge in [-0.05, 0) is 80.6 Å². The molecule has 5 rings (SSSR count). The summed E-state index contributed by atoms with van der Waals surface area (Å²) in [6, 6.07) is 25.0. The number of methoxy groups -OCH3 is 1. The van der Waals surface area contributed by atoms with Crippen molar-refractivity contribution in [3.63, 3.8) is 0 Å². The highest BCUT2D eigenvalue weighted by Crippen LogP contribution is 2.35. The molecule has 0 bridgehead atoms. The molecule has 0 fully saturated rings. The number of aryl methyl sites for hydroxylation is 2. The van der Waals surface area contributed by atoms with Gasteiger partial charge in [0, 0.05) is 32.7 Å². The number of hydrogen-bond donors (Lipinski definition) is 1. The Morgan fingerprint density at radius 2 is 1.72 bits per heavy atom. The molecule has 0 saturated heterocycles. The van der Waals surface area contributed by atoms with Gasteiger partial charge >= 0.3 is 5.91 Å². The predicted molar refractivity (Wildman–Crippen MR) is 165 cm³/mol. The lowest BCUT2D eigenvalue weighted by molar-refractivity contribution is 0.0923. The topological polar surface area (TPSA) is 87.2 Å². The molecule has 3 aromatic carbocycles. The van der Waals surface area contributed by atoms with Crippen LogP contribution in [0.2, 0.25) is 0 Å². The summed E-state index contributed by atoms with van der Waals surface area (Å²) in [5.74, 6) is 1.08. The van der Waals surface area contributed by atoms with Crippen LogP contribution in [0.25, 0.3) is 5.69 Å². The van der Waals surface area contributed by atoms with Crippen molar-refractivity contribution in [2.24, 2.45) is 5.10 Å². The zero-order valence-electron chi connectivity index (χ0n) is 23.8. The molecule has 8 nitrogen and oxygen atoms in total. The predicted octanol–water partition coefficient (Wildman–Crippen LogP) is 7.52. The fraction of sp³-hybridized carbons (Fsp3) is 0.152. The molecular formula is C33H29BrFN3O5. The lowest BCUT2D eigenvalue weighted by Crippen LogP contribution is -2.17. The first-order valence-corrected chi connectivity index (χ1v) is 14.2. The van der Waals surface area contributed by atoms with Gasteiger partial charge < -0.3 is 23.2 Å². The van der Waals surface area contributed by atoms with E-state index in [1.54, 1.807) is 42.5 Å². The van der Waals surface area contributed by atoms with Crippen molar-refractivity contribution >= 4 is 28.1 Å². The second-order valence-corrected chi connectivity index (χ2v) is 10.5. The standard InChI is InChI=1S/C33H29BrFN3O5/c1-21-8-9-22(2)38(21)26-10-12-27(13-11-26)41-20-28-14-15-30(43-28)33(39)37-36-18-24-16-25(34)17-31(40-3)32(24)42-19-23-6-4-5-7-29(23)35/h4-18H,19-20H2,1-3H3,(H,37,39). The van der Waals surface area contributed by atoms with Gasteiger partial charge in [-0.2, -0.15) is 5.10 Å². The van der Waals surface area contributed by atoms with Crippen LogP contribution in [0.3, 0.4) is 0 Å². The van der Waals surface area contributed by atoms with Crippen molar-refractivity contribution in [1.82, 2.24) is 9.99 Å². The lowest BCUT2D eigenvalue weighted by atomic mass is 10.2. The van der Waals surface area contributed by atoms with Crippen molar-refractivity contribution in [1.29, 1.82) is 0 Å². The highest BCUT2D eigenvalue weighted by atomic mass is 79.9. The molecule has 1 amide bonds. The molecule has 2 aromatic heterocycles. The largest absolute Gasteiger partial charge is 0.493 e. The molecule has 0 radical (unpaired) electrons. The van der Waals surface area contributed by atoms with Gasteiger partial charge in [0.25, 0.3) is 0 Å². The Bertz CT molecular complexity index is 1740. The van der Waals surface area contributed by atoms with E-state index < -0.39 is 5.91 Å². The number of hydrogen-bond acceptors (Lipinski definition) is 6. The third-order valence-corrected chi connectivity index (χ3v) is 7.06. The maximum absolute atomic E-state index is 14.1. The summed E-state index contributed by atoms with van der Waals surface area (Å²) in [6.45, 7) is 4.25. The fourth-order valence-corrected chi connectivity index (χ4v) is 4.93. The number of amides is 1. The van der Waals surface area contributed by atoms with E-state index in [1.807, 2.05) is 24.3 Å². The summed E-state index contributed by atoms with van der Waals surface area (Å²) >= 11 is 3.43. The van der Waals surface area contributed by atoms with Crippen LogP contribution in [0.15, 0.2) is 98.9 Å². The molecule has 0 aliphatic heterocycles. The number of aromatic nitrogens is 1. The summed E-state index contributed by atoms with van der Waals surface area (Å²) in [4.78, 5) is 12.7. The minimum absolute atomic E-state index is 0.0221. The van der Waals surface area contributed by atoms with Crippen molar-refractivity contribution in [3.8, 4) is 22.9 Å². The number of benzene rings is 3. The van der Waals surface area contributed by atoms with Crippen LogP contribution in [0, 0.1) is 19.7 Å². The van der Waals surface area contributed by atoms with E-state index in [9.17, 15) is 9.18 Å². The van der Waals surface area contributed by atoms with Crippen LogP contribution in [0.4, 0.5) is 4.39 Å². The van der Waals surface area contributed by atoms with Gasteiger partial charge in [-0.3, -0.25) is 4.79 Å². The SMILES string of the molecule is COc1cc(Br)cc(C=NNC(=O)c2ccc(COc3ccc(-n4c(C)ccc4C)cc3)o2)c1OCc1ccccc1F. The summed E-state index contributed by atoms with van der Waals surface area (Å²) in [6.07, 6.45) is 1.41. The lowest BCUT2D eigenvalue weighted by Gasteiger charge is -2.14. The summed E-state index contributed by atoms with van der Waals surface area (Å²) in [7, 11) is 1.50. The monoisotopic (exact) mass is 645 g/mol. The van der Waals surface area contributed by atoms with E-state index in [4.69, 9.17) is 18.6 Å². The molecule has 43 heavy (non-hydrogen) atoms. The number of carbonyl (C=O) groups is 1. The Hall–Kier alpha value is -4.83. The molecule has 0 aliphatic carbocycles. The van der Waals surface area contributed by atoms with Gasteiger partial charge in [0.2, 0.25) is 0 Å². The van der Waals surface area contributed by atoms with Crippen molar-refractivity contribution in [2.75, 3.05) is 7.11 Å². The molecule has 0 spiro atoms. The third kappa shape index (κ3) is 7.15. The smallest absolute Gasteiger partial charge is 0.307 e. The average molecular weight is 647 g/mol. The highest BCUT2D eigenvalue weighted by molar-refractivity contribution is 9.10. The highest BCUT2D eigenvalue weighted by Gasteiger charge is 2.15. The maximum atomic E-state index is 14.1. The minimum atomic E-state index is -0.542. The van der Waals surface area contributed by atoms with E-state index in [0.717, 1.165) is 17.1 Å². The Labute approximate surface area is 256 Å². The zero-order chi connectivity index (χ0) is 30.3. The number of halogens is 2. The van der Waals surface area contributed by atoms with Gasteiger partial charge in [-0.1, -0.05) is 34.1 Å². The molecule has 0 aliphatic rings. The van der Waals surface area contributed by atoms with Crippen LogP contribution in [-0.2, 0) is 13.2 Å². The minimum Gasteiger partial charge on any atom is -0.493 e. The molecule has 0 atom stereocenters. The molecule has 5 aromatic rings. The summed E-state index contributed by atoms with van der Waals surface area (Å²) in [5.41, 5.74) is 6.71. The Balaban J connectivity index is 1.20. The summed E-state index contributed by atoms with van der Waals surface area (Å²) in [5, 5.41) is 4.06. The number of rotatable bonds is 11. The zero-order valence-corrected chi connectivity index (χ0v) is 25.4. The Morgan fingerprint density at radius 3 is 2.44 bits per heavy atom. The van der Waals surface area contributed by atoms with Crippen LogP contribution < -0.4 is 19.6 Å². The van der Waals surface area contributed by atoms with Gasteiger partial charge in [0.15, 0.2) is 17.3 Å². The first kappa shape index (κ1) is 29.7. The molecule has 10 heteroatoms. The third-order valence-electron chi connectivity index (χ3n) is 6.60. The van der Waals surface area contributed by atoms with E-state index in [2.05, 4.69) is 57.0 Å². The first-order chi connectivity index (χ1) is 20.8. The van der Waals surface area contributed by atoms with E-state index >= 15 is 0 Å². The molecule has 220 valence electrons. The second kappa shape index (κ2) is 13.4. The summed E-state index contributed by atoms with van der Waals surface area (Å²) < 4.78 is 39.8. The Morgan fingerprint density at radius 1 is 0.977 bits per heavy atom. The van der Waals surface area contributed by atoms with Gasteiger partial charge in [-0.25, -0.2) is 9.82 Å². The number of ether oxygens (including phenoxy) is 3. The number of nitrogens with one attached hydrogen (secondary N) is 1. The fourth-order valence-electron chi connectivity index (χ4n) is 4.47. The number of nitrogens with zero attached hydrogens (tertiary/aromatic N) is 2. The van der Waals surface area contributed by atoms with Crippen molar-refractivity contribution < 1.29 is 27.8 Å². The molecule has 1 N–H and O–H groups in total. The quantitative estimate of drug-likeness (QED) is 0.119. The van der Waals surface area contributed by atoms with Crippen LogP contribution in [0.5, 0.6) is 17.2 Å².